The second-order valence-electron chi connectivity index (χ2n) is 6.45. The van der Waals surface area contributed by atoms with E-state index in [0.717, 1.165) is 5.56 Å². The highest BCUT2D eigenvalue weighted by atomic mass is 16.5. The molecule has 142 valence electrons. The SMILES string of the molecule is COCCc1nn(CC(=O)Nc2ccncn2)c(=O)c2cc(C(C)C)cn12. The summed E-state index contributed by atoms with van der Waals surface area (Å²) in [6.07, 6.45) is 5.30. The molecule has 0 aromatic carbocycles. The number of amides is 1. The Labute approximate surface area is 156 Å². The van der Waals surface area contributed by atoms with Crippen LogP contribution in [0.25, 0.3) is 5.52 Å². The fourth-order valence-electron chi connectivity index (χ4n) is 2.70. The molecular formula is C18H22N6O3. The fraction of sp³-hybridized carbons (Fsp3) is 0.389. The Kier molecular flexibility index (Phi) is 5.60. The van der Waals surface area contributed by atoms with Crippen molar-refractivity contribution >= 4 is 17.2 Å². The molecule has 0 aliphatic carbocycles. The number of nitrogens with zero attached hydrogens (tertiary/aromatic N) is 5. The number of hydrogen-bond donors (Lipinski definition) is 1. The smallest absolute Gasteiger partial charge is 0.291 e. The van der Waals surface area contributed by atoms with Crippen LogP contribution in [0.5, 0.6) is 0 Å². The lowest BCUT2D eigenvalue weighted by atomic mass is 10.1. The predicted octanol–water partition coefficient (Wildman–Crippen LogP) is 1.24. The normalized spacial score (nSPS) is 11.3. The zero-order chi connectivity index (χ0) is 19.4. The van der Waals surface area contributed by atoms with Gasteiger partial charge in [0.1, 0.15) is 30.0 Å². The van der Waals surface area contributed by atoms with Gasteiger partial charge in [-0.25, -0.2) is 14.6 Å². The van der Waals surface area contributed by atoms with Crippen LogP contribution < -0.4 is 10.9 Å². The van der Waals surface area contributed by atoms with Gasteiger partial charge in [-0.2, -0.15) is 5.10 Å². The van der Waals surface area contributed by atoms with E-state index in [4.69, 9.17) is 4.74 Å². The van der Waals surface area contributed by atoms with Crippen molar-refractivity contribution in [1.29, 1.82) is 0 Å². The van der Waals surface area contributed by atoms with Crippen LogP contribution >= 0.6 is 0 Å². The van der Waals surface area contributed by atoms with E-state index < -0.39 is 0 Å². The van der Waals surface area contributed by atoms with Gasteiger partial charge < -0.3 is 10.1 Å². The van der Waals surface area contributed by atoms with Crippen molar-refractivity contribution in [1.82, 2.24) is 24.1 Å². The number of rotatable bonds is 7. The minimum absolute atomic E-state index is 0.207. The van der Waals surface area contributed by atoms with Crippen molar-refractivity contribution in [3.63, 3.8) is 0 Å². The first kappa shape index (κ1) is 18.7. The summed E-state index contributed by atoms with van der Waals surface area (Å²) in [4.78, 5) is 32.9. The largest absolute Gasteiger partial charge is 0.384 e. The second-order valence-corrected chi connectivity index (χ2v) is 6.45. The van der Waals surface area contributed by atoms with E-state index in [1.165, 1.54) is 17.2 Å². The maximum atomic E-state index is 12.8. The van der Waals surface area contributed by atoms with Crippen molar-refractivity contribution in [2.75, 3.05) is 19.0 Å². The van der Waals surface area contributed by atoms with Gasteiger partial charge in [-0.3, -0.25) is 14.0 Å². The third kappa shape index (κ3) is 4.20. The lowest BCUT2D eigenvalue weighted by Crippen LogP contribution is -2.32. The van der Waals surface area contributed by atoms with E-state index in [1.807, 2.05) is 12.3 Å². The maximum Gasteiger partial charge on any atom is 0.291 e. The van der Waals surface area contributed by atoms with Gasteiger partial charge in [0.15, 0.2) is 0 Å². The maximum absolute atomic E-state index is 12.8. The standard InChI is InChI=1S/C18H22N6O3/c1-12(2)13-8-14-18(26)24(22-16(5-7-27-3)23(14)9-13)10-17(25)21-15-4-6-19-11-20-15/h4,6,8-9,11-12H,5,7,10H2,1-3H3,(H,19,20,21,25). The molecule has 1 amide bonds. The Morgan fingerprint density at radius 1 is 1.37 bits per heavy atom. The Morgan fingerprint density at radius 2 is 2.19 bits per heavy atom. The molecule has 3 rings (SSSR count). The third-order valence-corrected chi connectivity index (χ3v) is 4.15. The summed E-state index contributed by atoms with van der Waals surface area (Å²) in [6.45, 7) is 4.37. The van der Waals surface area contributed by atoms with Gasteiger partial charge in [0.25, 0.3) is 5.56 Å². The number of carbonyl (C=O) groups excluding carboxylic acids is 1. The number of carbonyl (C=O) groups is 1. The molecule has 27 heavy (non-hydrogen) atoms. The van der Waals surface area contributed by atoms with E-state index >= 15 is 0 Å². The lowest BCUT2D eigenvalue weighted by Gasteiger charge is -2.10. The first-order chi connectivity index (χ1) is 13.0. The number of nitrogens with one attached hydrogen (secondary N) is 1. The van der Waals surface area contributed by atoms with Crippen LogP contribution in [-0.2, 0) is 22.5 Å². The predicted molar refractivity (Wildman–Crippen MR) is 99.8 cm³/mol. The first-order valence-corrected chi connectivity index (χ1v) is 8.66. The van der Waals surface area contributed by atoms with Gasteiger partial charge in [0, 0.05) is 25.9 Å². The van der Waals surface area contributed by atoms with Gasteiger partial charge >= 0.3 is 0 Å². The van der Waals surface area contributed by atoms with E-state index in [9.17, 15) is 9.59 Å². The molecule has 3 heterocycles. The summed E-state index contributed by atoms with van der Waals surface area (Å²) >= 11 is 0. The Bertz CT molecular complexity index is 993. The quantitative estimate of drug-likeness (QED) is 0.671. The Hall–Kier alpha value is -3.07. The fourth-order valence-corrected chi connectivity index (χ4v) is 2.70. The van der Waals surface area contributed by atoms with Crippen molar-refractivity contribution in [3.05, 3.63) is 52.6 Å². The molecule has 9 heteroatoms. The number of anilines is 1. The molecule has 0 aliphatic rings. The van der Waals surface area contributed by atoms with Gasteiger partial charge in [-0.1, -0.05) is 13.8 Å². The summed E-state index contributed by atoms with van der Waals surface area (Å²) in [5.41, 5.74) is 1.21. The molecule has 3 aromatic rings. The van der Waals surface area contributed by atoms with E-state index in [1.54, 1.807) is 17.6 Å². The molecule has 0 radical (unpaired) electrons. The summed E-state index contributed by atoms with van der Waals surface area (Å²) in [5, 5.41) is 7.02. The number of aromatic nitrogens is 5. The average molecular weight is 370 g/mol. The summed E-state index contributed by atoms with van der Waals surface area (Å²) in [7, 11) is 1.61. The van der Waals surface area contributed by atoms with Crippen LogP contribution in [0.3, 0.4) is 0 Å². The molecule has 0 unspecified atom stereocenters. The van der Waals surface area contributed by atoms with Gasteiger partial charge in [-0.15, -0.1) is 0 Å². The number of fused-ring (bicyclic) bond motifs is 1. The van der Waals surface area contributed by atoms with Crippen LogP contribution in [0.1, 0.15) is 31.2 Å². The molecule has 0 spiro atoms. The highest BCUT2D eigenvalue weighted by Crippen LogP contribution is 2.17. The molecule has 0 bridgehead atoms. The third-order valence-electron chi connectivity index (χ3n) is 4.15. The molecule has 3 aromatic heterocycles. The van der Waals surface area contributed by atoms with Crippen molar-refractivity contribution in [2.24, 2.45) is 0 Å². The second kappa shape index (κ2) is 8.09. The van der Waals surface area contributed by atoms with E-state index in [2.05, 4.69) is 34.2 Å². The van der Waals surface area contributed by atoms with Gasteiger partial charge in [0.2, 0.25) is 5.91 Å². The molecule has 1 N–H and O–H groups in total. The van der Waals surface area contributed by atoms with Gasteiger partial charge in [-0.05, 0) is 23.6 Å². The Morgan fingerprint density at radius 3 is 2.85 bits per heavy atom. The molecule has 0 atom stereocenters. The van der Waals surface area contributed by atoms with Crippen molar-refractivity contribution < 1.29 is 9.53 Å². The van der Waals surface area contributed by atoms with Crippen molar-refractivity contribution in [2.45, 2.75) is 32.7 Å². The Balaban J connectivity index is 1.95. The van der Waals surface area contributed by atoms with Crippen LogP contribution in [0.2, 0.25) is 0 Å². The molecule has 0 saturated heterocycles. The van der Waals surface area contributed by atoms with E-state index in [0.29, 0.717) is 30.2 Å². The molecular weight excluding hydrogens is 348 g/mol. The van der Waals surface area contributed by atoms with Crippen LogP contribution in [0.15, 0.2) is 35.6 Å². The molecule has 9 nitrogen and oxygen atoms in total. The lowest BCUT2D eigenvalue weighted by molar-refractivity contribution is -0.117. The molecule has 0 fully saturated rings. The minimum Gasteiger partial charge on any atom is -0.384 e. The number of hydrogen-bond acceptors (Lipinski definition) is 6. The zero-order valence-electron chi connectivity index (χ0n) is 15.5. The minimum atomic E-state index is -0.388. The average Bonchev–Trinajstić information content (AvgIpc) is 3.10. The van der Waals surface area contributed by atoms with E-state index in [-0.39, 0.29) is 23.9 Å². The monoisotopic (exact) mass is 370 g/mol. The summed E-state index contributed by atoms with van der Waals surface area (Å²) in [5.74, 6) is 0.914. The summed E-state index contributed by atoms with van der Waals surface area (Å²) in [6, 6.07) is 3.42. The molecule has 0 aliphatic heterocycles. The summed E-state index contributed by atoms with van der Waals surface area (Å²) < 4.78 is 8.11. The van der Waals surface area contributed by atoms with Crippen LogP contribution in [-0.4, -0.2) is 43.8 Å². The first-order valence-electron chi connectivity index (χ1n) is 8.66. The van der Waals surface area contributed by atoms with Crippen LogP contribution in [0, 0.1) is 0 Å². The highest BCUT2D eigenvalue weighted by Gasteiger charge is 2.16. The zero-order valence-corrected chi connectivity index (χ0v) is 15.5. The van der Waals surface area contributed by atoms with Crippen molar-refractivity contribution in [3.8, 4) is 0 Å². The topological polar surface area (TPSA) is 103 Å². The van der Waals surface area contributed by atoms with Gasteiger partial charge in [0.05, 0.1) is 6.61 Å². The molecule has 0 saturated carbocycles. The highest BCUT2D eigenvalue weighted by molar-refractivity contribution is 5.89. The number of ether oxygens (including phenoxy) is 1. The van der Waals surface area contributed by atoms with Crippen LogP contribution in [0.4, 0.5) is 5.82 Å². The number of methoxy groups -OCH3 is 1.